The molecule has 1 N–H and O–H groups in total. The number of likely N-dealkylation sites (tertiary alicyclic amines) is 1. The minimum atomic E-state index is -0.289. The average molecular weight is 353 g/mol. The molecule has 0 spiro atoms. The van der Waals surface area contributed by atoms with E-state index in [9.17, 15) is 5.11 Å². The van der Waals surface area contributed by atoms with Crippen LogP contribution in [0, 0.1) is 19.8 Å². The number of β-amino-alcohol motifs (C(OH)–C–C–N with tert-alkyl or cyclic N) is 1. The van der Waals surface area contributed by atoms with E-state index in [0.717, 1.165) is 53.4 Å². The zero-order chi connectivity index (χ0) is 17.4. The number of nitrogens with zero attached hydrogens (tertiary/aromatic N) is 3. The second-order valence-electron chi connectivity index (χ2n) is 6.96. The van der Waals surface area contributed by atoms with Crippen molar-refractivity contribution in [1.82, 2.24) is 14.9 Å². The van der Waals surface area contributed by atoms with Crippen molar-refractivity contribution in [2.75, 3.05) is 13.1 Å². The van der Waals surface area contributed by atoms with Crippen molar-refractivity contribution < 1.29 is 5.11 Å². The van der Waals surface area contributed by atoms with Gasteiger partial charge in [0.2, 0.25) is 0 Å². The lowest BCUT2D eigenvalue weighted by Gasteiger charge is -2.15. The third-order valence-electron chi connectivity index (χ3n) is 4.98. The summed E-state index contributed by atoms with van der Waals surface area (Å²) in [6.45, 7) is 6.65. The van der Waals surface area contributed by atoms with Crippen molar-refractivity contribution in [3.8, 4) is 0 Å². The van der Waals surface area contributed by atoms with Crippen LogP contribution in [-0.2, 0) is 13.0 Å². The van der Waals surface area contributed by atoms with Gasteiger partial charge < -0.3 is 5.11 Å². The summed E-state index contributed by atoms with van der Waals surface area (Å²) in [5, 5.41) is 12.8. The molecule has 0 aliphatic carbocycles. The van der Waals surface area contributed by atoms with Gasteiger partial charge >= 0.3 is 0 Å². The summed E-state index contributed by atoms with van der Waals surface area (Å²) in [5.74, 6) is 0.239. The third kappa shape index (κ3) is 3.59. The number of aryl methyl sites for hydroxylation is 2. The van der Waals surface area contributed by atoms with Gasteiger partial charge in [0.25, 0.3) is 0 Å². The summed E-state index contributed by atoms with van der Waals surface area (Å²) in [4.78, 5) is 12.9. The van der Waals surface area contributed by atoms with Crippen LogP contribution in [0.2, 0.25) is 0 Å². The standard InChI is InChI=1S/C20H23N3OS/c1-13-20(25-14(2)21-13)12-23-10-16(19(24)11-23)9-17-8-7-15-5-3-4-6-18(15)22-17/h3-8,16,19,24H,9-12H2,1-2H3/t16-,19-/m1/s1. The summed E-state index contributed by atoms with van der Waals surface area (Å²) in [6.07, 6.45) is 0.533. The summed E-state index contributed by atoms with van der Waals surface area (Å²) in [7, 11) is 0. The van der Waals surface area contributed by atoms with Crippen LogP contribution in [0.4, 0.5) is 0 Å². The Morgan fingerprint density at radius 3 is 2.76 bits per heavy atom. The van der Waals surface area contributed by atoms with Gasteiger partial charge in [-0.15, -0.1) is 11.3 Å². The highest BCUT2D eigenvalue weighted by Crippen LogP contribution is 2.26. The quantitative estimate of drug-likeness (QED) is 0.781. The van der Waals surface area contributed by atoms with Gasteiger partial charge in [-0.2, -0.15) is 0 Å². The van der Waals surface area contributed by atoms with Crippen molar-refractivity contribution in [3.63, 3.8) is 0 Å². The number of thiazole rings is 1. The highest BCUT2D eigenvalue weighted by Gasteiger charge is 2.32. The topological polar surface area (TPSA) is 49.2 Å². The number of aliphatic hydroxyl groups is 1. The molecule has 1 aliphatic rings. The van der Waals surface area contributed by atoms with Crippen molar-refractivity contribution in [2.24, 2.45) is 5.92 Å². The Labute approximate surface area is 152 Å². The van der Waals surface area contributed by atoms with E-state index in [-0.39, 0.29) is 12.0 Å². The third-order valence-corrected chi connectivity index (χ3v) is 6.03. The number of aromatic nitrogens is 2. The Balaban J connectivity index is 1.44. The molecular formula is C20H23N3OS. The number of aliphatic hydroxyl groups excluding tert-OH is 1. The number of pyridine rings is 1. The van der Waals surface area contributed by atoms with Crippen LogP contribution < -0.4 is 0 Å². The maximum atomic E-state index is 10.5. The molecular weight excluding hydrogens is 330 g/mol. The SMILES string of the molecule is Cc1nc(C)c(CN2C[C@@H](Cc3ccc4ccccc4n3)[C@H](O)C2)s1. The zero-order valence-electron chi connectivity index (χ0n) is 14.6. The molecule has 0 radical (unpaired) electrons. The van der Waals surface area contributed by atoms with E-state index in [4.69, 9.17) is 4.98 Å². The first-order valence-electron chi connectivity index (χ1n) is 8.76. The molecule has 4 nitrogen and oxygen atoms in total. The molecule has 1 saturated heterocycles. The lowest BCUT2D eigenvalue weighted by molar-refractivity contribution is 0.140. The maximum absolute atomic E-state index is 10.5. The molecule has 0 bridgehead atoms. The number of para-hydroxylation sites is 1. The van der Waals surface area contributed by atoms with Crippen LogP contribution in [0.3, 0.4) is 0 Å². The number of hydrogen-bond acceptors (Lipinski definition) is 5. The fourth-order valence-corrected chi connectivity index (χ4v) is 4.66. The first-order chi connectivity index (χ1) is 12.1. The number of fused-ring (bicyclic) bond motifs is 1. The Bertz CT molecular complexity index is 892. The van der Waals surface area contributed by atoms with Gasteiger partial charge in [0.05, 0.1) is 22.3 Å². The molecule has 130 valence electrons. The van der Waals surface area contributed by atoms with Crippen molar-refractivity contribution in [1.29, 1.82) is 0 Å². The van der Waals surface area contributed by atoms with E-state index >= 15 is 0 Å². The van der Waals surface area contributed by atoms with Crippen LogP contribution in [-0.4, -0.2) is 39.2 Å². The van der Waals surface area contributed by atoms with E-state index in [1.807, 2.05) is 25.1 Å². The van der Waals surface area contributed by atoms with Crippen molar-refractivity contribution in [2.45, 2.75) is 32.9 Å². The molecule has 2 atom stereocenters. The van der Waals surface area contributed by atoms with Gasteiger partial charge in [-0.3, -0.25) is 9.88 Å². The lowest BCUT2D eigenvalue weighted by atomic mass is 9.99. The second kappa shape index (κ2) is 6.83. The molecule has 25 heavy (non-hydrogen) atoms. The van der Waals surface area contributed by atoms with Crippen LogP contribution in [0.15, 0.2) is 36.4 Å². The summed E-state index contributed by atoms with van der Waals surface area (Å²) in [5.41, 5.74) is 3.21. The molecule has 1 fully saturated rings. The monoisotopic (exact) mass is 353 g/mol. The van der Waals surface area contributed by atoms with Crippen molar-refractivity contribution in [3.05, 3.63) is 57.7 Å². The molecule has 3 aromatic rings. The molecule has 4 rings (SSSR count). The fraction of sp³-hybridized carbons (Fsp3) is 0.400. The Hall–Kier alpha value is -1.82. The maximum Gasteiger partial charge on any atom is 0.0900 e. The van der Waals surface area contributed by atoms with Crippen LogP contribution in [0.1, 0.15) is 21.3 Å². The number of hydrogen-bond donors (Lipinski definition) is 1. The van der Waals surface area contributed by atoms with Gasteiger partial charge in [0.15, 0.2) is 0 Å². The van der Waals surface area contributed by atoms with Gasteiger partial charge in [-0.1, -0.05) is 24.3 Å². The summed E-state index contributed by atoms with van der Waals surface area (Å²) < 4.78 is 0. The highest BCUT2D eigenvalue weighted by atomic mass is 32.1. The lowest BCUT2D eigenvalue weighted by Crippen LogP contribution is -2.21. The van der Waals surface area contributed by atoms with E-state index in [2.05, 4.69) is 35.0 Å². The summed E-state index contributed by atoms with van der Waals surface area (Å²) >= 11 is 1.76. The molecule has 0 unspecified atom stereocenters. The van der Waals surface area contributed by atoms with Gasteiger partial charge in [-0.25, -0.2) is 4.98 Å². The zero-order valence-corrected chi connectivity index (χ0v) is 15.5. The molecule has 2 aromatic heterocycles. The largest absolute Gasteiger partial charge is 0.391 e. The van der Waals surface area contributed by atoms with E-state index < -0.39 is 0 Å². The molecule has 0 amide bonds. The van der Waals surface area contributed by atoms with Gasteiger partial charge in [0, 0.05) is 41.5 Å². The van der Waals surface area contributed by atoms with Gasteiger partial charge in [-0.05, 0) is 32.4 Å². The van der Waals surface area contributed by atoms with Crippen LogP contribution in [0.25, 0.3) is 10.9 Å². The predicted octanol–water partition coefficient (Wildman–Crippen LogP) is 3.34. The summed E-state index contributed by atoms with van der Waals surface area (Å²) in [6, 6.07) is 12.4. The minimum absolute atomic E-state index is 0.239. The predicted molar refractivity (Wildman–Crippen MR) is 102 cm³/mol. The average Bonchev–Trinajstić information content (AvgIpc) is 3.09. The Morgan fingerprint density at radius 2 is 1.96 bits per heavy atom. The Morgan fingerprint density at radius 1 is 1.12 bits per heavy atom. The number of rotatable bonds is 4. The smallest absolute Gasteiger partial charge is 0.0900 e. The van der Waals surface area contributed by atoms with E-state index in [1.54, 1.807) is 11.3 Å². The highest BCUT2D eigenvalue weighted by molar-refractivity contribution is 7.11. The first-order valence-corrected chi connectivity index (χ1v) is 9.58. The normalized spacial score (nSPS) is 21.2. The second-order valence-corrected chi connectivity index (χ2v) is 8.25. The molecule has 0 saturated carbocycles. The molecule has 3 heterocycles. The van der Waals surface area contributed by atoms with Crippen LogP contribution in [0.5, 0.6) is 0 Å². The van der Waals surface area contributed by atoms with E-state index in [0.29, 0.717) is 0 Å². The van der Waals surface area contributed by atoms with Crippen LogP contribution >= 0.6 is 11.3 Å². The van der Waals surface area contributed by atoms with Crippen molar-refractivity contribution >= 4 is 22.2 Å². The minimum Gasteiger partial charge on any atom is -0.391 e. The molecule has 1 aromatic carbocycles. The fourth-order valence-electron chi connectivity index (χ4n) is 3.68. The van der Waals surface area contributed by atoms with Gasteiger partial charge in [0.1, 0.15) is 0 Å². The first kappa shape index (κ1) is 16.6. The molecule has 1 aliphatic heterocycles. The molecule has 5 heteroatoms. The Kier molecular flexibility index (Phi) is 4.54. The number of benzene rings is 1. The van der Waals surface area contributed by atoms with E-state index in [1.165, 1.54) is 4.88 Å².